The van der Waals surface area contributed by atoms with Gasteiger partial charge in [-0.2, -0.15) is 5.26 Å². The summed E-state index contributed by atoms with van der Waals surface area (Å²) in [5.41, 5.74) is 6.13. The van der Waals surface area contributed by atoms with Gasteiger partial charge in [0.15, 0.2) is 10.8 Å². The maximum Gasteiger partial charge on any atom is 0.189 e. The van der Waals surface area contributed by atoms with Gasteiger partial charge in [-0.1, -0.05) is 66.4 Å². The van der Waals surface area contributed by atoms with Crippen molar-refractivity contribution in [2.45, 2.75) is 11.7 Å². The summed E-state index contributed by atoms with van der Waals surface area (Å²) >= 11 is 1.52. The third-order valence-corrected chi connectivity index (χ3v) is 6.15. The number of thioether (sulfide) groups is 1. The van der Waals surface area contributed by atoms with E-state index in [1.165, 1.54) is 17.3 Å². The summed E-state index contributed by atoms with van der Waals surface area (Å²) in [6, 6.07) is 23.4. The molecule has 1 saturated heterocycles. The van der Waals surface area contributed by atoms with Gasteiger partial charge in [0.05, 0.1) is 17.7 Å². The van der Waals surface area contributed by atoms with Crippen LogP contribution in [0.5, 0.6) is 0 Å². The Balaban J connectivity index is 1.53. The molecule has 4 aromatic rings. The van der Waals surface area contributed by atoms with Crippen LogP contribution >= 0.6 is 11.8 Å². The SMILES string of the molecule is CSc1ncc2cc(-c3ccccc3)c(-c3ccc(CN4CC(C#N)C4)cc3)nc2n1. The van der Waals surface area contributed by atoms with Crippen LogP contribution in [-0.2, 0) is 6.54 Å². The summed E-state index contributed by atoms with van der Waals surface area (Å²) in [6.07, 6.45) is 3.82. The summed E-state index contributed by atoms with van der Waals surface area (Å²) in [7, 11) is 0. The molecule has 0 bridgehead atoms. The lowest BCUT2D eigenvalue weighted by molar-refractivity contribution is 0.127. The Morgan fingerprint density at radius 3 is 2.52 bits per heavy atom. The molecule has 6 heteroatoms. The van der Waals surface area contributed by atoms with Crippen LogP contribution in [0.25, 0.3) is 33.4 Å². The van der Waals surface area contributed by atoms with Crippen molar-refractivity contribution in [2.75, 3.05) is 19.3 Å². The number of nitrogens with zero attached hydrogens (tertiary/aromatic N) is 5. The van der Waals surface area contributed by atoms with Crippen molar-refractivity contribution < 1.29 is 0 Å². The molecule has 1 aliphatic heterocycles. The standard InChI is InChI=1S/C25H21N5S/c1-31-25-27-13-21-11-22(19-5-3-2-4-6-19)23(28-24(21)29-25)20-9-7-17(8-10-20)14-30-15-18(12-26)16-30/h2-11,13,18H,14-16H2,1H3. The van der Waals surface area contributed by atoms with Crippen LogP contribution in [0.15, 0.2) is 72.0 Å². The van der Waals surface area contributed by atoms with Crippen LogP contribution in [0, 0.1) is 17.2 Å². The first-order chi connectivity index (χ1) is 15.2. The van der Waals surface area contributed by atoms with E-state index in [4.69, 9.17) is 10.2 Å². The quantitative estimate of drug-likeness (QED) is 0.331. The molecule has 0 amide bonds. The van der Waals surface area contributed by atoms with Crippen LogP contribution in [0.1, 0.15) is 5.56 Å². The molecule has 31 heavy (non-hydrogen) atoms. The minimum Gasteiger partial charge on any atom is -0.296 e. The predicted octanol–water partition coefficient (Wildman–Crippen LogP) is 5.04. The van der Waals surface area contributed by atoms with E-state index in [0.717, 1.165) is 52.6 Å². The highest BCUT2D eigenvalue weighted by molar-refractivity contribution is 7.98. The predicted molar refractivity (Wildman–Crippen MR) is 124 cm³/mol. The fourth-order valence-electron chi connectivity index (χ4n) is 3.91. The van der Waals surface area contributed by atoms with E-state index in [-0.39, 0.29) is 5.92 Å². The molecule has 1 fully saturated rings. The summed E-state index contributed by atoms with van der Waals surface area (Å²) < 4.78 is 0. The fraction of sp³-hybridized carbons (Fsp3) is 0.200. The molecule has 0 spiro atoms. The first-order valence-electron chi connectivity index (χ1n) is 10.2. The van der Waals surface area contributed by atoms with E-state index in [1.54, 1.807) is 0 Å². The summed E-state index contributed by atoms with van der Waals surface area (Å²) in [5, 5.41) is 10.6. The van der Waals surface area contributed by atoms with E-state index >= 15 is 0 Å². The van der Waals surface area contributed by atoms with Gasteiger partial charge in [-0.3, -0.25) is 4.90 Å². The van der Waals surface area contributed by atoms with Crippen LogP contribution in [0.4, 0.5) is 0 Å². The van der Waals surface area contributed by atoms with Gasteiger partial charge in [-0.15, -0.1) is 0 Å². The van der Waals surface area contributed by atoms with E-state index in [1.807, 2.05) is 30.7 Å². The number of fused-ring (bicyclic) bond motifs is 1. The minimum absolute atomic E-state index is 0.183. The van der Waals surface area contributed by atoms with Crippen molar-refractivity contribution in [3.63, 3.8) is 0 Å². The maximum atomic E-state index is 8.97. The number of rotatable bonds is 5. The average molecular weight is 424 g/mol. The molecule has 0 aliphatic carbocycles. The highest BCUT2D eigenvalue weighted by Gasteiger charge is 2.26. The lowest BCUT2D eigenvalue weighted by Crippen LogP contribution is -2.45. The normalized spacial score (nSPS) is 14.3. The molecule has 0 radical (unpaired) electrons. The number of benzene rings is 2. The van der Waals surface area contributed by atoms with Crippen LogP contribution < -0.4 is 0 Å². The van der Waals surface area contributed by atoms with Crippen molar-refractivity contribution in [3.05, 3.63) is 72.4 Å². The number of hydrogen-bond donors (Lipinski definition) is 0. The number of likely N-dealkylation sites (tertiary alicyclic amines) is 1. The Hall–Kier alpha value is -3.27. The summed E-state index contributed by atoms with van der Waals surface area (Å²) in [4.78, 5) is 16.3. The molecule has 5 rings (SSSR count). The van der Waals surface area contributed by atoms with Gasteiger partial charge in [0.1, 0.15) is 0 Å². The Kier molecular flexibility index (Phi) is 5.37. The van der Waals surface area contributed by atoms with Crippen molar-refractivity contribution in [3.8, 4) is 28.5 Å². The molecule has 152 valence electrons. The molecule has 0 saturated carbocycles. The Bertz CT molecular complexity index is 1260. The number of hydrogen-bond acceptors (Lipinski definition) is 6. The second-order valence-corrected chi connectivity index (χ2v) is 8.51. The molecule has 1 aliphatic rings. The zero-order chi connectivity index (χ0) is 21.2. The molecule has 0 N–H and O–H groups in total. The second-order valence-electron chi connectivity index (χ2n) is 7.74. The van der Waals surface area contributed by atoms with Crippen molar-refractivity contribution in [1.29, 1.82) is 5.26 Å². The van der Waals surface area contributed by atoms with E-state index in [9.17, 15) is 0 Å². The monoisotopic (exact) mass is 423 g/mol. The number of pyridine rings is 1. The molecule has 5 nitrogen and oxygen atoms in total. The first kappa shape index (κ1) is 19.7. The maximum absolute atomic E-state index is 8.97. The lowest BCUT2D eigenvalue weighted by atomic mass is 9.97. The molecule has 2 aromatic carbocycles. The largest absolute Gasteiger partial charge is 0.296 e. The number of nitriles is 1. The topological polar surface area (TPSA) is 65.7 Å². The van der Waals surface area contributed by atoms with Gasteiger partial charge >= 0.3 is 0 Å². The van der Waals surface area contributed by atoms with E-state index < -0.39 is 0 Å². The van der Waals surface area contributed by atoms with Crippen LogP contribution in [0.2, 0.25) is 0 Å². The van der Waals surface area contributed by atoms with Gasteiger partial charge in [0.2, 0.25) is 0 Å². The number of aromatic nitrogens is 3. The molecule has 0 atom stereocenters. The molecule has 2 aromatic heterocycles. The first-order valence-corrected chi connectivity index (χ1v) is 11.4. The second kappa shape index (κ2) is 8.46. The Morgan fingerprint density at radius 2 is 1.81 bits per heavy atom. The van der Waals surface area contributed by atoms with Gasteiger partial charge in [0, 0.05) is 42.3 Å². The van der Waals surface area contributed by atoms with E-state index in [2.05, 4.69) is 63.4 Å². The summed E-state index contributed by atoms with van der Waals surface area (Å²) in [6.45, 7) is 2.60. The molecule has 3 heterocycles. The van der Waals surface area contributed by atoms with Crippen molar-refractivity contribution in [2.24, 2.45) is 5.92 Å². The summed E-state index contributed by atoms with van der Waals surface area (Å²) in [5.74, 6) is 0.183. The minimum atomic E-state index is 0.183. The Labute approximate surface area is 185 Å². The van der Waals surface area contributed by atoms with Gasteiger partial charge in [-0.25, -0.2) is 15.0 Å². The van der Waals surface area contributed by atoms with Crippen LogP contribution in [-0.4, -0.2) is 39.2 Å². The smallest absolute Gasteiger partial charge is 0.189 e. The molecule has 0 unspecified atom stereocenters. The zero-order valence-electron chi connectivity index (χ0n) is 17.2. The van der Waals surface area contributed by atoms with E-state index in [0.29, 0.717) is 5.65 Å². The third-order valence-electron chi connectivity index (χ3n) is 5.59. The third kappa shape index (κ3) is 4.02. The zero-order valence-corrected chi connectivity index (χ0v) is 18.0. The van der Waals surface area contributed by atoms with Crippen LogP contribution in [0.3, 0.4) is 0 Å². The highest BCUT2D eigenvalue weighted by atomic mass is 32.2. The molecular weight excluding hydrogens is 402 g/mol. The molecular formula is C25H21N5S. The van der Waals surface area contributed by atoms with Gasteiger partial charge in [-0.05, 0) is 23.4 Å². The van der Waals surface area contributed by atoms with Gasteiger partial charge < -0.3 is 0 Å². The highest BCUT2D eigenvalue weighted by Crippen LogP contribution is 2.33. The van der Waals surface area contributed by atoms with Crippen molar-refractivity contribution in [1.82, 2.24) is 19.9 Å². The van der Waals surface area contributed by atoms with Crippen molar-refractivity contribution >= 4 is 22.8 Å². The average Bonchev–Trinajstić information content (AvgIpc) is 2.81. The fourth-order valence-corrected chi connectivity index (χ4v) is 4.25. The lowest BCUT2D eigenvalue weighted by Gasteiger charge is -2.35. The Morgan fingerprint density at radius 1 is 1.03 bits per heavy atom. The van der Waals surface area contributed by atoms with Gasteiger partial charge in [0.25, 0.3) is 0 Å².